The minimum atomic E-state index is -8.55. The van der Waals surface area contributed by atoms with Crippen LogP contribution in [0.3, 0.4) is 0 Å². The Morgan fingerprint density at radius 1 is 1.09 bits per heavy atom. The number of quaternary nitrogens is 1. The molecule has 0 amide bonds. The standard InChI is InChI=1S/C9H19NO4P.F5P.FH/c1-10(4-2-3-5-10)6-7-12-15(11)13-8-9-14-15;1-6(2,3,4)5;/h2-9H2,1H3;;1H/q+1;;/p-1. The van der Waals surface area contributed by atoms with E-state index in [2.05, 4.69) is 7.05 Å². The molecule has 22 heavy (non-hydrogen) atoms. The maximum absolute atomic E-state index is 11.6. The van der Waals surface area contributed by atoms with Crippen LogP contribution in [-0.4, -0.2) is 51.0 Å². The summed E-state index contributed by atoms with van der Waals surface area (Å²) in [6.45, 7) is 4.47. The molecular formula is C9H19F6NO4P2. The van der Waals surface area contributed by atoms with E-state index in [0.29, 0.717) is 19.8 Å². The van der Waals surface area contributed by atoms with E-state index in [9.17, 15) is 25.5 Å². The fourth-order valence-corrected chi connectivity index (χ4v) is 3.23. The van der Waals surface area contributed by atoms with Crippen LogP contribution in [0.4, 0.5) is 21.0 Å². The first-order valence-electron chi connectivity index (χ1n) is 6.34. The summed E-state index contributed by atoms with van der Waals surface area (Å²) in [5.41, 5.74) is 0. The second-order valence-corrected chi connectivity index (χ2v) is 8.03. The van der Waals surface area contributed by atoms with Crippen molar-refractivity contribution in [2.24, 2.45) is 0 Å². The average molecular weight is 381 g/mol. The second-order valence-electron chi connectivity index (χ2n) is 5.08. The van der Waals surface area contributed by atoms with Gasteiger partial charge in [0.1, 0.15) is 13.2 Å². The van der Waals surface area contributed by atoms with Crippen LogP contribution in [0.15, 0.2) is 0 Å². The Morgan fingerprint density at radius 2 is 1.50 bits per heavy atom. The van der Waals surface area contributed by atoms with Gasteiger partial charge in [-0.15, -0.1) is 0 Å². The number of likely N-dealkylation sites (tertiary alicyclic amines) is 1. The summed E-state index contributed by atoms with van der Waals surface area (Å²) in [7, 11) is -9.51. The number of likely N-dealkylation sites (N-methyl/N-ethyl adjacent to an activating group) is 1. The molecule has 0 radical (unpaired) electrons. The van der Waals surface area contributed by atoms with Crippen LogP contribution in [0.25, 0.3) is 0 Å². The van der Waals surface area contributed by atoms with Gasteiger partial charge < -0.3 is 9.19 Å². The van der Waals surface area contributed by atoms with Crippen molar-refractivity contribution in [2.45, 2.75) is 12.8 Å². The largest absolute Gasteiger partial charge is 1.00 e. The predicted octanol–water partition coefficient (Wildman–Crippen LogP) is 1.36. The van der Waals surface area contributed by atoms with E-state index in [0.717, 1.165) is 11.0 Å². The number of nitrogens with zero attached hydrogens (tertiary/aromatic N) is 1. The van der Waals surface area contributed by atoms with Gasteiger partial charge in [-0.25, -0.2) is 4.57 Å². The zero-order valence-corrected chi connectivity index (χ0v) is 13.7. The second kappa shape index (κ2) is 7.77. The zero-order valence-electron chi connectivity index (χ0n) is 11.9. The molecule has 0 bridgehead atoms. The van der Waals surface area contributed by atoms with E-state index in [1.165, 1.54) is 25.9 Å². The molecule has 136 valence electrons. The van der Waals surface area contributed by atoms with Crippen molar-refractivity contribution in [3.05, 3.63) is 0 Å². The number of hydrogen-bond acceptors (Lipinski definition) is 4. The summed E-state index contributed by atoms with van der Waals surface area (Å²) >= 11 is 0. The third-order valence-corrected chi connectivity index (χ3v) is 4.60. The summed E-state index contributed by atoms with van der Waals surface area (Å²) in [6.07, 6.45) is 2.56. The molecule has 2 rings (SSSR count). The van der Waals surface area contributed by atoms with Crippen LogP contribution in [0.2, 0.25) is 0 Å². The number of rotatable bonds is 4. The van der Waals surface area contributed by atoms with E-state index in [1.807, 2.05) is 0 Å². The topological polar surface area (TPSA) is 44.8 Å². The summed E-state index contributed by atoms with van der Waals surface area (Å²) in [5, 5.41) is 0. The Labute approximate surface area is 124 Å². The van der Waals surface area contributed by atoms with Crippen molar-refractivity contribution in [2.75, 3.05) is 46.5 Å². The molecule has 0 N–H and O–H groups in total. The third kappa shape index (κ3) is 10.7. The molecule has 0 unspecified atom stereocenters. The Kier molecular flexibility index (Phi) is 7.80. The molecule has 0 spiro atoms. The molecule has 0 aromatic rings. The summed E-state index contributed by atoms with van der Waals surface area (Å²) < 4.78 is 76.9. The summed E-state index contributed by atoms with van der Waals surface area (Å²) in [6, 6.07) is 0. The molecule has 0 atom stereocenters. The average Bonchev–Trinajstić information content (AvgIpc) is 2.85. The molecule has 0 aromatic heterocycles. The van der Waals surface area contributed by atoms with Gasteiger partial charge in [0.2, 0.25) is 0 Å². The minimum absolute atomic E-state index is 0. The summed E-state index contributed by atoms with van der Waals surface area (Å²) in [4.78, 5) is 0. The molecule has 2 heterocycles. The van der Waals surface area contributed by atoms with Crippen molar-refractivity contribution in [3.63, 3.8) is 0 Å². The molecule has 2 saturated heterocycles. The van der Waals surface area contributed by atoms with Crippen LogP contribution in [0.1, 0.15) is 12.8 Å². The summed E-state index contributed by atoms with van der Waals surface area (Å²) in [5.74, 6) is 0. The van der Waals surface area contributed by atoms with Crippen LogP contribution in [0, 0.1) is 0 Å². The molecular weight excluding hydrogens is 362 g/mol. The first-order chi connectivity index (χ1) is 9.36. The molecule has 13 heteroatoms. The Bertz CT molecular complexity index is 372. The van der Waals surface area contributed by atoms with Crippen molar-refractivity contribution in [1.29, 1.82) is 0 Å². The van der Waals surface area contributed by atoms with Gasteiger partial charge >= 0.3 is 37.0 Å². The Balaban J connectivity index is 0.000000546. The number of hydrogen-bond donors (Lipinski definition) is 0. The fourth-order valence-electron chi connectivity index (χ4n) is 2.11. The van der Waals surface area contributed by atoms with Gasteiger partial charge in [-0.05, 0) is 0 Å². The zero-order chi connectivity index (χ0) is 16.2. The first kappa shape index (κ1) is 22.1. The first-order valence-corrected chi connectivity index (χ1v) is 9.49. The van der Waals surface area contributed by atoms with Crippen molar-refractivity contribution in [3.8, 4) is 0 Å². The van der Waals surface area contributed by atoms with E-state index in [1.54, 1.807) is 0 Å². The normalized spacial score (nSPS) is 24.5. The van der Waals surface area contributed by atoms with Crippen LogP contribution < -0.4 is 4.70 Å². The smallest absolute Gasteiger partial charge is 1.00 e. The van der Waals surface area contributed by atoms with Crippen LogP contribution in [0.5, 0.6) is 0 Å². The Hall–Kier alpha value is 0.0800. The third-order valence-electron chi connectivity index (χ3n) is 3.11. The van der Waals surface area contributed by atoms with Gasteiger partial charge in [0, 0.05) is 12.8 Å². The van der Waals surface area contributed by atoms with E-state index in [-0.39, 0.29) is 4.70 Å². The van der Waals surface area contributed by atoms with E-state index >= 15 is 0 Å². The molecule has 0 aliphatic carbocycles. The number of phosphoric ester groups is 1. The van der Waals surface area contributed by atoms with Crippen molar-refractivity contribution in [1.82, 2.24) is 0 Å². The van der Waals surface area contributed by atoms with Crippen molar-refractivity contribution >= 4 is 16.0 Å². The monoisotopic (exact) mass is 381 g/mol. The van der Waals surface area contributed by atoms with E-state index < -0.39 is 16.0 Å². The van der Waals surface area contributed by atoms with Crippen LogP contribution >= 0.6 is 16.0 Å². The molecule has 2 aliphatic heterocycles. The molecule has 0 saturated carbocycles. The molecule has 0 aromatic carbocycles. The number of phosphoric acid groups is 1. The Morgan fingerprint density at radius 3 is 1.91 bits per heavy atom. The van der Waals surface area contributed by atoms with Gasteiger partial charge in [0.25, 0.3) is 0 Å². The molecule has 2 fully saturated rings. The van der Waals surface area contributed by atoms with Gasteiger partial charge in [-0.2, -0.15) is 0 Å². The molecule has 2 aliphatic rings. The van der Waals surface area contributed by atoms with Gasteiger partial charge in [-0.1, -0.05) is 0 Å². The number of halogens is 6. The van der Waals surface area contributed by atoms with E-state index in [4.69, 9.17) is 13.6 Å². The van der Waals surface area contributed by atoms with Gasteiger partial charge in [0.15, 0.2) is 0 Å². The predicted molar refractivity (Wildman–Crippen MR) is 67.9 cm³/mol. The maximum atomic E-state index is 11.6. The SMILES string of the molecule is C[N+]1(CCOP2(=O)OCCO2)CCCC1.FP(F)(F)(F)F.[F-]. The van der Waals surface area contributed by atoms with Crippen molar-refractivity contribution < 1.29 is 48.3 Å². The fraction of sp³-hybridized carbons (Fsp3) is 1.00. The molecule has 5 nitrogen and oxygen atoms in total. The van der Waals surface area contributed by atoms with Crippen LogP contribution in [-0.2, 0) is 18.1 Å². The minimum Gasteiger partial charge on any atom is -1.00 e. The van der Waals surface area contributed by atoms with Gasteiger partial charge in [-0.3, -0.25) is 13.6 Å². The van der Waals surface area contributed by atoms with Gasteiger partial charge in [0.05, 0.1) is 33.4 Å². The maximum Gasteiger partial charge on any atom is -1.00 e. The quantitative estimate of drug-likeness (QED) is 0.419.